The van der Waals surface area contributed by atoms with E-state index in [4.69, 9.17) is 11.6 Å². The van der Waals surface area contributed by atoms with Gasteiger partial charge in [0.1, 0.15) is 11.9 Å². The number of halogens is 1. The minimum Gasteiger partial charge on any atom is -0.276 e. The van der Waals surface area contributed by atoms with Crippen molar-refractivity contribution in [2.24, 2.45) is 0 Å². The van der Waals surface area contributed by atoms with Crippen LogP contribution in [0.1, 0.15) is 5.69 Å². The maximum Gasteiger partial charge on any atom is 0.289 e. The normalized spacial score (nSPS) is 10.4. The quantitative estimate of drug-likeness (QED) is 0.643. The molecular weight excluding hydrogens is 232 g/mol. The average Bonchev–Trinajstić information content (AvgIpc) is 2.64. The van der Waals surface area contributed by atoms with Crippen LogP contribution in [0.3, 0.4) is 0 Å². The van der Waals surface area contributed by atoms with Gasteiger partial charge in [0.05, 0.1) is 21.3 Å². The van der Waals surface area contributed by atoms with E-state index in [1.165, 1.54) is 6.07 Å². The first-order valence-corrected chi connectivity index (χ1v) is 4.78. The van der Waals surface area contributed by atoms with Crippen molar-refractivity contribution in [2.75, 3.05) is 0 Å². The van der Waals surface area contributed by atoms with Gasteiger partial charge in [-0.3, -0.25) is 15.2 Å². The molecule has 6 nitrogen and oxygen atoms in total. The fourth-order valence-corrected chi connectivity index (χ4v) is 1.53. The van der Waals surface area contributed by atoms with E-state index < -0.39 is 4.92 Å². The van der Waals surface area contributed by atoms with Gasteiger partial charge in [-0.2, -0.15) is 5.10 Å². The van der Waals surface area contributed by atoms with Crippen molar-refractivity contribution < 1.29 is 4.92 Å². The summed E-state index contributed by atoms with van der Waals surface area (Å²) in [6.07, 6.45) is 1.16. The van der Waals surface area contributed by atoms with Gasteiger partial charge in [-0.05, 0) is 13.0 Å². The summed E-state index contributed by atoms with van der Waals surface area (Å²) >= 11 is 5.90. The van der Waals surface area contributed by atoms with E-state index in [0.717, 1.165) is 11.9 Å². The van der Waals surface area contributed by atoms with Crippen molar-refractivity contribution in [1.82, 2.24) is 15.2 Å². The summed E-state index contributed by atoms with van der Waals surface area (Å²) in [7, 11) is 0. The molecule has 2 heterocycles. The second-order valence-electron chi connectivity index (χ2n) is 3.20. The monoisotopic (exact) mass is 238 g/mol. The van der Waals surface area contributed by atoms with Crippen molar-refractivity contribution in [3.63, 3.8) is 0 Å². The maximum absolute atomic E-state index is 10.5. The summed E-state index contributed by atoms with van der Waals surface area (Å²) in [4.78, 5) is 13.9. The number of nitrogens with zero attached hydrogens (tertiary/aromatic N) is 3. The van der Waals surface area contributed by atoms with Gasteiger partial charge in [-0.15, -0.1) is 0 Å². The van der Waals surface area contributed by atoms with Gasteiger partial charge in [-0.1, -0.05) is 11.6 Å². The molecule has 82 valence electrons. The molecule has 0 spiro atoms. The predicted molar refractivity (Wildman–Crippen MR) is 58.2 cm³/mol. The molecule has 0 radical (unpaired) electrons. The number of H-pyrrole nitrogens is 1. The number of pyridine rings is 1. The van der Waals surface area contributed by atoms with Gasteiger partial charge in [0.15, 0.2) is 0 Å². The zero-order chi connectivity index (χ0) is 11.7. The van der Waals surface area contributed by atoms with Crippen LogP contribution in [0.5, 0.6) is 0 Å². The number of aromatic nitrogens is 3. The van der Waals surface area contributed by atoms with Crippen LogP contribution in [0.15, 0.2) is 18.3 Å². The number of nitrogens with one attached hydrogen (secondary N) is 1. The van der Waals surface area contributed by atoms with Gasteiger partial charge in [-0.25, -0.2) is 4.98 Å². The van der Waals surface area contributed by atoms with Crippen LogP contribution in [0.25, 0.3) is 11.4 Å². The van der Waals surface area contributed by atoms with E-state index in [9.17, 15) is 10.1 Å². The van der Waals surface area contributed by atoms with E-state index in [1.807, 2.05) is 6.92 Å². The molecule has 2 aromatic heterocycles. The van der Waals surface area contributed by atoms with Crippen LogP contribution in [-0.4, -0.2) is 20.1 Å². The van der Waals surface area contributed by atoms with Crippen molar-refractivity contribution in [1.29, 1.82) is 0 Å². The standard InChI is InChI=1S/C9H7ClN4O2/c1-5-2-8(13-12-5)9-7(10)3-6(4-11-9)14(15)16/h2-4H,1H3,(H,12,13). The van der Waals surface area contributed by atoms with E-state index in [-0.39, 0.29) is 10.7 Å². The Morgan fingerprint density at radius 2 is 2.25 bits per heavy atom. The molecule has 1 N–H and O–H groups in total. The minimum absolute atomic E-state index is 0.134. The van der Waals surface area contributed by atoms with Gasteiger partial charge < -0.3 is 0 Å². The molecule has 0 saturated heterocycles. The van der Waals surface area contributed by atoms with Crippen LogP contribution in [0.2, 0.25) is 5.02 Å². The molecule has 16 heavy (non-hydrogen) atoms. The van der Waals surface area contributed by atoms with Crippen molar-refractivity contribution in [3.05, 3.63) is 39.2 Å². The molecule has 2 rings (SSSR count). The number of hydrogen-bond donors (Lipinski definition) is 1. The Morgan fingerprint density at radius 1 is 1.50 bits per heavy atom. The molecule has 0 bridgehead atoms. The summed E-state index contributed by atoms with van der Waals surface area (Å²) in [6, 6.07) is 3.03. The SMILES string of the molecule is Cc1cc(-c2ncc([N+](=O)[O-])cc2Cl)[nH]n1. The third kappa shape index (κ3) is 1.87. The lowest BCUT2D eigenvalue weighted by molar-refractivity contribution is -0.385. The molecule has 0 aliphatic carbocycles. The first kappa shape index (κ1) is 10.6. The van der Waals surface area contributed by atoms with Crippen LogP contribution in [0, 0.1) is 17.0 Å². The molecule has 0 amide bonds. The van der Waals surface area contributed by atoms with Crippen molar-refractivity contribution in [2.45, 2.75) is 6.92 Å². The fraction of sp³-hybridized carbons (Fsp3) is 0.111. The lowest BCUT2D eigenvalue weighted by Crippen LogP contribution is -1.92. The van der Waals surface area contributed by atoms with Gasteiger partial charge >= 0.3 is 0 Å². The van der Waals surface area contributed by atoms with Gasteiger partial charge in [0.2, 0.25) is 0 Å². The van der Waals surface area contributed by atoms with Crippen LogP contribution < -0.4 is 0 Å². The molecule has 0 atom stereocenters. The van der Waals surface area contributed by atoms with Crippen molar-refractivity contribution >= 4 is 17.3 Å². The highest BCUT2D eigenvalue weighted by molar-refractivity contribution is 6.33. The largest absolute Gasteiger partial charge is 0.289 e. The molecule has 0 saturated carbocycles. The Kier molecular flexibility index (Phi) is 2.57. The van der Waals surface area contributed by atoms with Crippen LogP contribution >= 0.6 is 11.6 Å². The zero-order valence-corrected chi connectivity index (χ0v) is 9.02. The highest BCUT2D eigenvalue weighted by Crippen LogP contribution is 2.27. The third-order valence-corrected chi connectivity index (χ3v) is 2.29. The summed E-state index contributed by atoms with van der Waals surface area (Å²) < 4.78 is 0. The Bertz CT molecular complexity index is 552. The highest BCUT2D eigenvalue weighted by atomic mass is 35.5. The second-order valence-corrected chi connectivity index (χ2v) is 3.61. The minimum atomic E-state index is -0.541. The number of aromatic amines is 1. The molecule has 0 unspecified atom stereocenters. The highest BCUT2D eigenvalue weighted by Gasteiger charge is 2.13. The Balaban J connectivity index is 2.47. The number of aryl methyl sites for hydroxylation is 1. The summed E-state index contributed by atoms with van der Waals surface area (Å²) in [5.74, 6) is 0. The predicted octanol–water partition coefficient (Wildman–Crippen LogP) is 2.34. The average molecular weight is 239 g/mol. The van der Waals surface area contributed by atoms with Crippen LogP contribution in [-0.2, 0) is 0 Å². The summed E-state index contributed by atoms with van der Waals surface area (Å²) in [6.45, 7) is 1.82. The fourth-order valence-electron chi connectivity index (χ4n) is 1.27. The summed E-state index contributed by atoms with van der Waals surface area (Å²) in [5, 5.41) is 17.4. The Labute approximate surface area is 95.4 Å². The maximum atomic E-state index is 10.5. The first-order valence-electron chi connectivity index (χ1n) is 4.40. The topological polar surface area (TPSA) is 84.7 Å². The number of rotatable bonds is 2. The molecule has 0 aliphatic rings. The van der Waals surface area contributed by atoms with Crippen LogP contribution in [0.4, 0.5) is 5.69 Å². The third-order valence-electron chi connectivity index (χ3n) is 2.00. The van der Waals surface area contributed by atoms with E-state index in [0.29, 0.717) is 11.4 Å². The van der Waals surface area contributed by atoms with E-state index >= 15 is 0 Å². The first-order chi connectivity index (χ1) is 7.58. The molecule has 0 aliphatic heterocycles. The molecule has 7 heteroatoms. The lowest BCUT2D eigenvalue weighted by Gasteiger charge is -1.99. The number of nitro groups is 1. The van der Waals surface area contributed by atoms with Gasteiger partial charge in [0.25, 0.3) is 5.69 Å². The molecular formula is C9H7ClN4O2. The Morgan fingerprint density at radius 3 is 2.75 bits per heavy atom. The van der Waals surface area contributed by atoms with E-state index in [1.54, 1.807) is 6.07 Å². The molecule has 0 fully saturated rings. The van der Waals surface area contributed by atoms with Gasteiger partial charge in [0, 0.05) is 6.07 Å². The van der Waals surface area contributed by atoms with E-state index in [2.05, 4.69) is 15.2 Å². The zero-order valence-electron chi connectivity index (χ0n) is 8.27. The molecule has 2 aromatic rings. The summed E-state index contributed by atoms with van der Waals surface area (Å²) in [5.41, 5.74) is 1.75. The Hall–Kier alpha value is -1.95. The molecule has 0 aromatic carbocycles. The number of hydrogen-bond acceptors (Lipinski definition) is 4. The second kappa shape index (κ2) is 3.90. The van der Waals surface area contributed by atoms with Crippen molar-refractivity contribution in [3.8, 4) is 11.4 Å². The smallest absolute Gasteiger partial charge is 0.276 e. The lowest BCUT2D eigenvalue weighted by atomic mass is 10.2.